The van der Waals surface area contributed by atoms with Crippen molar-refractivity contribution in [3.8, 4) is 12.3 Å². The lowest BCUT2D eigenvalue weighted by atomic mass is 10.2. The van der Waals surface area contributed by atoms with Crippen LogP contribution in [0.3, 0.4) is 0 Å². The van der Waals surface area contributed by atoms with Crippen LogP contribution in [0.5, 0.6) is 0 Å². The SMILES string of the molecule is C#CCC(C)NCc1cc(Cl)cs1. The topological polar surface area (TPSA) is 12.0 Å². The summed E-state index contributed by atoms with van der Waals surface area (Å²) in [5, 5.41) is 6.07. The van der Waals surface area contributed by atoms with Crippen LogP contribution < -0.4 is 5.32 Å². The summed E-state index contributed by atoms with van der Waals surface area (Å²) in [5.41, 5.74) is 0. The average molecular weight is 214 g/mol. The minimum atomic E-state index is 0.367. The fourth-order valence-corrected chi connectivity index (χ4v) is 1.99. The molecule has 1 atom stereocenters. The van der Waals surface area contributed by atoms with E-state index in [-0.39, 0.29) is 0 Å². The van der Waals surface area contributed by atoms with Crippen LogP contribution in [0.2, 0.25) is 5.02 Å². The summed E-state index contributed by atoms with van der Waals surface area (Å²) in [6.07, 6.45) is 5.96. The van der Waals surface area contributed by atoms with Gasteiger partial charge in [-0.2, -0.15) is 0 Å². The molecular weight excluding hydrogens is 202 g/mol. The maximum Gasteiger partial charge on any atom is 0.0516 e. The molecule has 1 heterocycles. The minimum Gasteiger partial charge on any atom is -0.308 e. The van der Waals surface area contributed by atoms with Gasteiger partial charge in [0.1, 0.15) is 0 Å². The third kappa shape index (κ3) is 3.82. The van der Waals surface area contributed by atoms with E-state index in [9.17, 15) is 0 Å². The summed E-state index contributed by atoms with van der Waals surface area (Å²) in [6, 6.07) is 2.34. The van der Waals surface area contributed by atoms with E-state index in [1.54, 1.807) is 11.3 Å². The number of hydrogen-bond acceptors (Lipinski definition) is 2. The third-order valence-corrected chi connectivity index (χ3v) is 2.95. The summed E-state index contributed by atoms with van der Waals surface area (Å²) in [5.74, 6) is 2.62. The molecule has 1 nitrogen and oxygen atoms in total. The Hall–Kier alpha value is -0.490. The van der Waals surface area contributed by atoms with Crippen molar-refractivity contribution in [1.82, 2.24) is 5.32 Å². The smallest absolute Gasteiger partial charge is 0.0516 e. The first-order chi connectivity index (χ1) is 6.22. The Labute approximate surface area is 88.1 Å². The Morgan fingerprint density at radius 1 is 1.77 bits per heavy atom. The van der Waals surface area contributed by atoms with Gasteiger partial charge in [0.05, 0.1) is 5.02 Å². The first-order valence-electron chi connectivity index (χ1n) is 4.12. The van der Waals surface area contributed by atoms with Crippen LogP contribution >= 0.6 is 22.9 Å². The van der Waals surface area contributed by atoms with Crippen LogP contribution in [-0.4, -0.2) is 6.04 Å². The second-order valence-electron chi connectivity index (χ2n) is 2.92. The van der Waals surface area contributed by atoms with E-state index in [1.165, 1.54) is 4.88 Å². The van der Waals surface area contributed by atoms with Gasteiger partial charge in [-0.15, -0.1) is 23.7 Å². The van der Waals surface area contributed by atoms with Gasteiger partial charge in [0.25, 0.3) is 0 Å². The Kier molecular flexibility index (Phi) is 4.31. The Morgan fingerprint density at radius 3 is 3.08 bits per heavy atom. The van der Waals surface area contributed by atoms with Gasteiger partial charge in [0, 0.05) is 29.3 Å². The summed E-state index contributed by atoms with van der Waals surface area (Å²) in [7, 11) is 0. The molecule has 1 aromatic rings. The number of thiophene rings is 1. The van der Waals surface area contributed by atoms with Gasteiger partial charge >= 0.3 is 0 Å². The van der Waals surface area contributed by atoms with Crippen molar-refractivity contribution in [2.75, 3.05) is 0 Å². The Bertz CT molecular complexity index is 300. The van der Waals surface area contributed by atoms with Gasteiger partial charge in [-0.1, -0.05) is 11.6 Å². The molecule has 0 spiro atoms. The Balaban J connectivity index is 2.31. The highest BCUT2D eigenvalue weighted by molar-refractivity contribution is 7.10. The molecule has 0 fully saturated rings. The standard InChI is InChI=1S/C10H12ClNS/c1-3-4-8(2)12-6-10-5-9(11)7-13-10/h1,5,7-8,12H,4,6H2,2H3. The van der Waals surface area contributed by atoms with Gasteiger partial charge in [-0.3, -0.25) is 0 Å². The molecule has 0 aliphatic rings. The lowest BCUT2D eigenvalue weighted by molar-refractivity contribution is 0.563. The molecule has 0 saturated heterocycles. The first-order valence-corrected chi connectivity index (χ1v) is 5.38. The monoisotopic (exact) mass is 213 g/mol. The highest BCUT2D eigenvalue weighted by atomic mass is 35.5. The molecule has 3 heteroatoms. The number of nitrogens with one attached hydrogen (secondary N) is 1. The number of rotatable bonds is 4. The van der Waals surface area contributed by atoms with Crippen molar-refractivity contribution in [1.29, 1.82) is 0 Å². The van der Waals surface area contributed by atoms with Gasteiger partial charge in [0.2, 0.25) is 0 Å². The van der Waals surface area contributed by atoms with Crippen LogP contribution in [0.4, 0.5) is 0 Å². The third-order valence-electron chi connectivity index (χ3n) is 1.67. The van der Waals surface area contributed by atoms with E-state index in [0.717, 1.165) is 18.0 Å². The molecule has 1 N–H and O–H groups in total. The van der Waals surface area contributed by atoms with E-state index in [4.69, 9.17) is 18.0 Å². The van der Waals surface area contributed by atoms with Gasteiger partial charge < -0.3 is 5.32 Å². The highest BCUT2D eigenvalue weighted by Crippen LogP contribution is 2.18. The molecular formula is C10H12ClNS. The van der Waals surface area contributed by atoms with Crippen molar-refractivity contribution in [3.63, 3.8) is 0 Å². The molecule has 0 aliphatic carbocycles. The molecule has 0 saturated carbocycles. The van der Waals surface area contributed by atoms with Crippen LogP contribution in [0.1, 0.15) is 18.2 Å². The van der Waals surface area contributed by atoms with Crippen LogP contribution in [0.15, 0.2) is 11.4 Å². The second-order valence-corrected chi connectivity index (χ2v) is 4.35. The Morgan fingerprint density at radius 2 is 2.54 bits per heavy atom. The largest absolute Gasteiger partial charge is 0.308 e. The molecule has 0 radical (unpaired) electrons. The molecule has 0 aromatic carbocycles. The van der Waals surface area contributed by atoms with Gasteiger partial charge in [-0.05, 0) is 13.0 Å². The zero-order valence-electron chi connectivity index (χ0n) is 7.51. The molecule has 0 aliphatic heterocycles. The predicted molar refractivity (Wildman–Crippen MR) is 59.1 cm³/mol. The minimum absolute atomic E-state index is 0.367. The van der Waals surface area contributed by atoms with Crippen molar-refractivity contribution < 1.29 is 0 Å². The zero-order chi connectivity index (χ0) is 9.68. The number of halogens is 1. The van der Waals surface area contributed by atoms with E-state index in [2.05, 4.69) is 18.2 Å². The van der Waals surface area contributed by atoms with E-state index < -0.39 is 0 Å². The summed E-state index contributed by atoms with van der Waals surface area (Å²) >= 11 is 7.45. The lowest BCUT2D eigenvalue weighted by Gasteiger charge is -2.08. The molecule has 1 aromatic heterocycles. The summed E-state index contributed by atoms with van der Waals surface area (Å²) in [4.78, 5) is 1.24. The van der Waals surface area contributed by atoms with Crippen molar-refractivity contribution in [2.24, 2.45) is 0 Å². The highest BCUT2D eigenvalue weighted by Gasteiger charge is 2.01. The summed E-state index contributed by atoms with van der Waals surface area (Å²) in [6.45, 7) is 2.93. The number of terminal acetylenes is 1. The fourth-order valence-electron chi connectivity index (χ4n) is 0.970. The zero-order valence-corrected chi connectivity index (χ0v) is 9.08. The lowest BCUT2D eigenvalue weighted by Crippen LogP contribution is -2.24. The molecule has 0 bridgehead atoms. The van der Waals surface area contributed by atoms with Crippen molar-refractivity contribution in [2.45, 2.75) is 25.9 Å². The molecule has 70 valence electrons. The van der Waals surface area contributed by atoms with Gasteiger partial charge in [-0.25, -0.2) is 0 Å². The molecule has 13 heavy (non-hydrogen) atoms. The van der Waals surface area contributed by atoms with Crippen LogP contribution in [0.25, 0.3) is 0 Å². The van der Waals surface area contributed by atoms with E-state index >= 15 is 0 Å². The van der Waals surface area contributed by atoms with Crippen molar-refractivity contribution in [3.05, 3.63) is 21.3 Å². The first kappa shape index (κ1) is 10.6. The quantitative estimate of drug-likeness (QED) is 0.759. The normalized spacial score (nSPS) is 12.4. The van der Waals surface area contributed by atoms with Gasteiger partial charge in [0.15, 0.2) is 0 Å². The van der Waals surface area contributed by atoms with Crippen molar-refractivity contribution >= 4 is 22.9 Å². The van der Waals surface area contributed by atoms with Crippen LogP contribution in [-0.2, 0) is 6.54 Å². The second kappa shape index (κ2) is 5.29. The molecule has 1 unspecified atom stereocenters. The average Bonchev–Trinajstić information content (AvgIpc) is 2.49. The molecule has 1 rings (SSSR count). The van der Waals surface area contributed by atoms with Crippen LogP contribution in [0, 0.1) is 12.3 Å². The van der Waals surface area contributed by atoms with E-state index in [0.29, 0.717) is 6.04 Å². The maximum atomic E-state index is 5.79. The van der Waals surface area contributed by atoms with E-state index in [1.807, 2.05) is 11.4 Å². The maximum absolute atomic E-state index is 5.79. The summed E-state index contributed by atoms with van der Waals surface area (Å²) < 4.78 is 0. The fraction of sp³-hybridized carbons (Fsp3) is 0.400. The predicted octanol–water partition coefficient (Wildman–Crippen LogP) is 2.90. The molecule has 0 amide bonds. The number of hydrogen-bond donors (Lipinski definition) is 1.